The Balaban J connectivity index is 2.25. The molecule has 0 fully saturated rings. The first-order valence-corrected chi connectivity index (χ1v) is 6.37. The molecule has 0 N–H and O–H groups in total. The van der Waals surface area contributed by atoms with Crippen molar-refractivity contribution in [1.82, 2.24) is 15.2 Å². The topological polar surface area (TPSA) is 38.7 Å². The number of nitrogens with zero attached hydrogens (tertiary/aromatic N) is 3. The lowest BCUT2D eigenvalue weighted by atomic mass is 10.5. The average Bonchev–Trinajstić information content (AvgIpc) is 2.62. The van der Waals surface area contributed by atoms with E-state index in [1.165, 1.54) is 23.1 Å². The average molecular weight is 309 g/mol. The van der Waals surface area contributed by atoms with Gasteiger partial charge in [0.2, 0.25) is 0 Å². The Kier molecular flexibility index (Phi) is 3.38. The maximum atomic E-state index is 5.77. The Bertz CT molecular complexity index is 435. The molecular formula is C7H3BrClN3S2. The van der Waals surface area contributed by atoms with Crippen molar-refractivity contribution in [3.8, 4) is 0 Å². The van der Waals surface area contributed by atoms with Crippen molar-refractivity contribution >= 4 is 50.6 Å². The fraction of sp³-hybridized carbons (Fsp3) is 0. The van der Waals surface area contributed by atoms with E-state index in [0.29, 0.717) is 5.02 Å². The van der Waals surface area contributed by atoms with Gasteiger partial charge in [-0.15, -0.1) is 10.2 Å². The standard InChI is InChI=1S/C7H3BrClN3S2/c8-5-1-4(9)2-10-6(5)14-7-12-11-3-13-7/h1-3H. The van der Waals surface area contributed by atoms with Crippen molar-refractivity contribution in [2.24, 2.45) is 0 Å². The highest BCUT2D eigenvalue weighted by atomic mass is 79.9. The zero-order chi connectivity index (χ0) is 9.97. The second kappa shape index (κ2) is 4.57. The monoisotopic (exact) mass is 307 g/mol. The predicted octanol–water partition coefficient (Wildman–Crippen LogP) is 3.50. The molecule has 0 unspecified atom stereocenters. The number of halogens is 2. The van der Waals surface area contributed by atoms with Crippen molar-refractivity contribution < 1.29 is 0 Å². The third-order valence-corrected chi connectivity index (χ3v) is 4.17. The molecule has 7 heteroatoms. The quantitative estimate of drug-likeness (QED) is 0.851. The molecule has 0 aliphatic carbocycles. The van der Waals surface area contributed by atoms with Gasteiger partial charge >= 0.3 is 0 Å². The lowest BCUT2D eigenvalue weighted by Crippen LogP contribution is -1.81. The van der Waals surface area contributed by atoms with Gasteiger partial charge in [0.1, 0.15) is 10.5 Å². The van der Waals surface area contributed by atoms with Gasteiger partial charge in [-0.3, -0.25) is 0 Å². The van der Waals surface area contributed by atoms with Crippen LogP contribution in [0.25, 0.3) is 0 Å². The summed E-state index contributed by atoms with van der Waals surface area (Å²) < 4.78 is 1.73. The van der Waals surface area contributed by atoms with E-state index < -0.39 is 0 Å². The van der Waals surface area contributed by atoms with E-state index in [1.54, 1.807) is 17.8 Å². The van der Waals surface area contributed by atoms with Gasteiger partial charge in [0.05, 0.1) is 9.50 Å². The summed E-state index contributed by atoms with van der Waals surface area (Å²) in [5.41, 5.74) is 1.69. The second-order valence-corrected chi connectivity index (χ2v) is 5.61. The van der Waals surface area contributed by atoms with Gasteiger partial charge in [-0.2, -0.15) is 0 Å². The molecule has 0 aliphatic rings. The molecule has 72 valence electrons. The van der Waals surface area contributed by atoms with Crippen LogP contribution in [0.3, 0.4) is 0 Å². The Morgan fingerprint density at radius 2 is 2.36 bits per heavy atom. The summed E-state index contributed by atoms with van der Waals surface area (Å²) in [5, 5.41) is 9.11. The van der Waals surface area contributed by atoms with Gasteiger partial charge in [-0.1, -0.05) is 22.9 Å². The van der Waals surface area contributed by atoms with Crippen LogP contribution in [0.15, 0.2) is 31.6 Å². The smallest absolute Gasteiger partial charge is 0.180 e. The fourth-order valence-electron chi connectivity index (χ4n) is 0.767. The van der Waals surface area contributed by atoms with Crippen LogP contribution in [0.2, 0.25) is 5.02 Å². The lowest BCUT2D eigenvalue weighted by molar-refractivity contribution is 1.00. The van der Waals surface area contributed by atoms with Crippen LogP contribution in [0.5, 0.6) is 0 Å². The number of rotatable bonds is 2. The van der Waals surface area contributed by atoms with Crippen LogP contribution in [-0.4, -0.2) is 15.2 Å². The Morgan fingerprint density at radius 1 is 1.50 bits per heavy atom. The maximum Gasteiger partial charge on any atom is 0.180 e. The van der Waals surface area contributed by atoms with Gasteiger partial charge in [0.25, 0.3) is 0 Å². The third-order valence-electron chi connectivity index (χ3n) is 1.30. The number of aromatic nitrogens is 3. The molecule has 3 nitrogen and oxygen atoms in total. The first-order chi connectivity index (χ1) is 6.75. The number of hydrogen-bond donors (Lipinski definition) is 0. The summed E-state index contributed by atoms with van der Waals surface area (Å²) in [6.45, 7) is 0. The SMILES string of the molecule is Clc1cnc(Sc2nncs2)c(Br)c1. The Labute approximate surface area is 102 Å². The Morgan fingerprint density at radius 3 is 3.00 bits per heavy atom. The van der Waals surface area contributed by atoms with Crippen LogP contribution in [0, 0.1) is 0 Å². The van der Waals surface area contributed by atoms with Gasteiger partial charge < -0.3 is 0 Å². The minimum absolute atomic E-state index is 0.610. The van der Waals surface area contributed by atoms with E-state index in [2.05, 4.69) is 31.1 Å². The van der Waals surface area contributed by atoms with E-state index in [4.69, 9.17) is 11.6 Å². The summed E-state index contributed by atoms with van der Waals surface area (Å²) in [6.07, 6.45) is 1.61. The highest BCUT2D eigenvalue weighted by molar-refractivity contribution is 9.10. The molecule has 2 aromatic heterocycles. The molecule has 0 amide bonds. The molecule has 0 bridgehead atoms. The summed E-state index contributed by atoms with van der Waals surface area (Å²) in [6, 6.07) is 1.80. The highest BCUT2D eigenvalue weighted by Gasteiger charge is 2.06. The zero-order valence-electron chi connectivity index (χ0n) is 6.65. The molecule has 14 heavy (non-hydrogen) atoms. The minimum atomic E-state index is 0.610. The van der Waals surface area contributed by atoms with Gasteiger partial charge in [0.15, 0.2) is 4.34 Å². The number of pyridine rings is 1. The van der Waals surface area contributed by atoms with Crippen LogP contribution >= 0.6 is 50.6 Å². The molecule has 2 heterocycles. The van der Waals surface area contributed by atoms with Gasteiger partial charge in [0, 0.05) is 6.20 Å². The first kappa shape index (κ1) is 10.4. The van der Waals surface area contributed by atoms with E-state index in [1.807, 2.05) is 0 Å². The zero-order valence-corrected chi connectivity index (χ0v) is 10.6. The van der Waals surface area contributed by atoms with E-state index in [0.717, 1.165) is 13.8 Å². The van der Waals surface area contributed by atoms with Crippen LogP contribution in [0.1, 0.15) is 0 Å². The van der Waals surface area contributed by atoms with Crippen molar-refractivity contribution in [3.63, 3.8) is 0 Å². The largest absolute Gasteiger partial charge is 0.247 e. The van der Waals surface area contributed by atoms with Crippen LogP contribution in [-0.2, 0) is 0 Å². The summed E-state index contributed by atoms with van der Waals surface area (Å²) in [5.74, 6) is 0. The molecule has 0 saturated heterocycles. The molecule has 0 saturated carbocycles. The Hall–Kier alpha value is -0.170. The molecule has 2 rings (SSSR count). The first-order valence-electron chi connectivity index (χ1n) is 3.51. The van der Waals surface area contributed by atoms with Crippen LogP contribution < -0.4 is 0 Å². The number of hydrogen-bond acceptors (Lipinski definition) is 5. The molecular weight excluding hydrogens is 306 g/mol. The molecule has 0 aromatic carbocycles. The summed E-state index contributed by atoms with van der Waals surface area (Å²) in [4.78, 5) is 4.18. The minimum Gasteiger partial charge on any atom is -0.247 e. The summed E-state index contributed by atoms with van der Waals surface area (Å²) in [7, 11) is 0. The van der Waals surface area contributed by atoms with E-state index in [9.17, 15) is 0 Å². The van der Waals surface area contributed by atoms with Crippen molar-refractivity contribution in [2.45, 2.75) is 9.37 Å². The van der Waals surface area contributed by atoms with Crippen molar-refractivity contribution in [1.29, 1.82) is 0 Å². The summed E-state index contributed by atoms with van der Waals surface area (Å²) >= 11 is 12.1. The highest BCUT2D eigenvalue weighted by Crippen LogP contribution is 2.33. The lowest BCUT2D eigenvalue weighted by Gasteiger charge is -1.99. The third kappa shape index (κ3) is 2.44. The van der Waals surface area contributed by atoms with Gasteiger partial charge in [-0.05, 0) is 33.8 Å². The fourth-order valence-corrected chi connectivity index (χ4v) is 3.00. The second-order valence-electron chi connectivity index (χ2n) is 2.25. The van der Waals surface area contributed by atoms with E-state index in [-0.39, 0.29) is 0 Å². The molecule has 0 spiro atoms. The normalized spacial score (nSPS) is 10.4. The maximum absolute atomic E-state index is 5.77. The predicted molar refractivity (Wildman–Crippen MR) is 61.0 cm³/mol. The van der Waals surface area contributed by atoms with Crippen molar-refractivity contribution in [3.05, 3.63) is 27.3 Å². The molecule has 0 aliphatic heterocycles. The molecule has 2 aromatic rings. The van der Waals surface area contributed by atoms with Gasteiger partial charge in [-0.25, -0.2) is 4.98 Å². The van der Waals surface area contributed by atoms with Crippen molar-refractivity contribution in [2.75, 3.05) is 0 Å². The van der Waals surface area contributed by atoms with Crippen LogP contribution in [0.4, 0.5) is 0 Å². The molecule has 0 atom stereocenters. The van der Waals surface area contributed by atoms with E-state index >= 15 is 0 Å². The molecule has 0 radical (unpaired) electrons.